The molecule has 0 unspecified atom stereocenters. The molecule has 2 N–H and O–H groups in total. The number of rotatable bonds is 13. The van der Waals surface area contributed by atoms with Crippen molar-refractivity contribution in [2.45, 2.75) is 63.1 Å². The molecule has 1 amide bonds. The van der Waals surface area contributed by atoms with Crippen LogP contribution in [0.3, 0.4) is 0 Å². The average molecular weight is 661 g/mol. The summed E-state index contributed by atoms with van der Waals surface area (Å²) < 4.78 is 13.4. The van der Waals surface area contributed by atoms with Gasteiger partial charge in [-0.15, -0.1) is 0 Å². The molecule has 9 nitrogen and oxygen atoms in total. The van der Waals surface area contributed by atoms with E-state index in [1.165, 1.54) is 19.3 Å². The Bertz CT molecular complexity index is 1480. The van der Waals surface area contributed by atoms with Crippen molar-refractivity contribution in [2.24, 2.45) is 16.0 Å². The van der Waals surface area contributed by atoms with Crippen molar-refractivity contribution in [3.63, 3.8) is 0 Å². The first kappa shape index (κ1) is 31.6. The number of amides is 1. The highest BCUT2D eigenvalue weighted by atomic mass is 79.9. The summed E-state index contributed by atoms with van der Waals surface area (Å²) in [5.74, 6) is 1.29. The van der Waals surface area contributed by atoms with Gasteiger partial charge in [-0.05, 0) is 77.4 Å². The lowest BCUT2D eigenvalue weighted by atomic mass is 9.80. The lowest BCUT2D eigenvalue weighted by Crippen LogP contribution is -2.51. The molecule has 3 aromatic carbocycles. The molecule has 3 aromatic rings. The van der Waals surface area contributed by atoms with Crippen molar-refractivity contribution in [2.75, 3.05) is 19.8 Å². The standard InChI is InChI=1S/C34H38BrN5O4/c35-28-15-11-24(12-16-28)21-34(33(42)37-22-25-7-2-1-3-8-25)31(30-10-5-4-9-27(30)23-38-40-36)44-32(39-34)26-13-17-29(18-14-26)43-20-6-19-41/h4-5,9-18,25,31,41H,1-3,6-8,19-23H2,(H,37,42)/t31-,34-/m1/s1. The van der Waals surface area contributed by atoms with Gasteiger partial charge in [0.15, 0.2) is 11.6 Å². The van der Waals surface area contributed by atoms with E-state index in [4.69, 9.17) is 25.1 Å². The molecular formula is C34H38BrN5O4. The Morgan fingerprint density at radius 1 is 1.09 bits per heavy atom. The zero-order valence-corrected chi connectivity index (χ0v) is 26.3. The van der Waals surface area contributed by atoms with E-state index in [1.54, 1.807) is 0 Å². The Balaban J connectivity index is 1.57. The number of ether oxygens (including phenoxy) is 2. The number of carbonyl (C=O) groups is 1. The Morgan fingerprint density at radius 2 is 1.84 bits per heavy atom. The molecule has 1 fully saturated rings. The molecule has 0 saturated heterocycles. The second kappa shape index (κ2) is 15.2. The Labute approximate surface area is 266 Å². The summed E-state index contributed by atoms with van der Waals surface area (Å²) >= 11 is 3.52. The van der Waals surface area contributed by atoms with Crippen molar-refractivity contribution in [3.8, 4) is 5.75 Å². The van der Waals surface area contributed by atoms with E-state index < -0.39 is 11.6 Å². The molecule has 5 rings (SSSR count). The number of nitrogens with one attached hydrogen (secondary N) is 1. The van der Waals surface area contributed by atoms with Crippen molar-refractivity contribution in [3.05, 3.63) is 110 Å². The lowest BCUT2D eigenvalue weighted by molar-refractivity contribution is -0.129. The predicted octanol–water partition coefficient (Wildman–Crippen LogP) is 7.22. The SMILES string of the molecule is [N-]=[N+]=NCc1ccccc1[C@H]1OC(c2ccc(OCCCO)cc2)=N[C@@]1(Cc1ccc(Br)cc1)C(=O)NCC1CCCCC1. The summed E-state index contributed by atoms with van der Waals surface area (Å²) in [5, 5.41) is 16.2. The molecule has 44 heavy (non-hydrogen) atoms. The Morgan fingerprint density at radius 3 is 2.57 bits per heavy atom. The molecule has 1 saturated carbocycles. The number of hydrogen-bond acceptors (Lipinski definition) is 6. The second-order valence-electron chi connectivity index (χ2n) is 11.4. The van der Waals surface area contributed by atoms with Crippen LogP contribution in [0.15, 0.2) is 87.4 Å². The Kier molecular flexibility index (Phi) is 10.9. The van der Waals surface area contributed by atoms with Crippen LogP contribution in [-0.4, -0.2) is 42.2 Å². The topological polar surface area (TPSA) is 129 Å². The minimum atomic E-state index is -1.32. The summed E-state index contributed by atoms with van der Waals surface area (Å²) in [6, 6.07) is 22.9. The van der Waals surface area contributed by atoms with Crippen molar-refractivity contribution >= 4 is 27.7 Å². The molecule has 2 aliphatic rings. The minimum absolute atomic E-state index is 0.0640. The maximum absolute atomic E-state index is 14.5. The maximum atomic E-state index is 14.5. The number of aliphatic hydroxyl groups is 1. The molecule has 0 bridgehead atoms. The summed E-state index contributed by atoms with van der Waals surface area (Å²) in [4.78, 5) is 22.7. The molecule has 1 aliphatic heterocycles. The smallest absolute Gasteiger partial charge is 0.252 e. The maximum Gasteiger partial charge on any atom is 0.252 e. The van der Waals surface area contributed by atoms with Crippen LogP contribution in [-0.2, 0) is 22.5 Å². The quantitative estimate of drug-likeness (QED) is 0.0869. The van der Waals surface area contributed by atoms with Crippen molar-refractivity contribution in [1.29, 1.82) is 0 Å². The van der Waals surface area contributed by atoms with Gasteiger partial charge in [0.2, 0.25) is 5.90 Å². The van der Waals surface area contributed by atoms with Crippen LogP contribution in [0.1, 0.15) is 66.9 Å². The number of azide groups is 1. The normalized spacial score (nSPS) is 19.9. The summed E-state index contributed by atoms with van der Waals surface area (Å²) in [6.45, 7) is 1.20. The number of aliphatic hydroxyl groups excluding tert-OH is 1. The molecular weight excluding hydrogens is 622 g/mol. The first-order valence-corrected chi connectivity index (χ1v) is 16.0. The first-order chi connectivity index (χ1) is 21.5. The van der Waals surface area contributed by atoms with Crippen LogP contribution in [0.25, 0.3) is 10.4 Å². The zero-order chi connectivity index (χ0) is 30.8. The van der Waals surface area contributed by atoms with Crippen LogP contribution in [0.5, 0.6) is 5.75 Å². The van der Waals surface area contributed by atoms with Crippen molar-refractivity contribution < 1.29 is 19.4 Å². The van der Waals surface area contributed by atoms with Gasteiger partial charge in [0.25, 0.3) is 5.91 Å². The third kappa shape index (κ3) is 7.62. The summed E-state index contributed by atoms with van der Waals surface area (Å²) in [6.07, 6.45) is 5.92. The van der Waals surface area contributed by atoms with Crippen LogP contribution in [0.2, 0.25) is 0 Å². The number of aliphatic imine (C=N–C) groups is 1. The Hall–Kier alpha value is -3.85. The largest absolute Gasteiger partial charge is 0.494 e. The van der Waals surface area contributed by atoms with E-state index >= 15 is 0 Å². The highest BCUT2D eigenvalue weighted by Gasteiger charge is 2.53. The number of halogens is 1. The van der Waals surface area contributed by atoms with Crippen LogP contribution < -0.4 is 10.1 Å². The third-order valence-corrected chi connectivity index (χ3v) is 8.86. The number of hydrogen-bond donors (Lipinski definition) is 2. The molecule has 0 radical (unpaired) electrons. The highest BCUT2D eigenvalue weighted by molar-refractivity contribution is 9.10. The van der Waals surface area contributed by atoms with Crippen LogP contribution in [0, 0.1) is 5.92 Å². The molecule has 2 atom stereocenters. The lowest BCUT2D eigenvalue weighted by Gasteiger charge is -2.32. The van der Waals surface area contributed by atoms with Crippen LogP contribution >= 0.6 is 15.9 Å². The summed E-state index contributed by atoms with van der Waals surface area (Å²) in [5.41, 5.74) is 11.0. The van der Waals surface area contributed by atoms with E-state index in [1.807, 2.05) is 72.8 Å². The molecule has 0 aromatic heterocycles. The van der Waals surface area contributed by atoms with E-state index in [9.17, 15) is 4.79 Å². The van der Waals surface area contributed by atoms with Gasteiger partial charge in [0, 0.05) is 40.9 Å². The summed E-state index contributed by atoms with van der Waals surface area (Å²) in [7, 11) is 0. The van der Waals surface area contributed by atoms with E-state index in [0.717, 1.165) is 39.6 Å². The molecule has 1 heterocycles. The van der Waals surface area contributed by atoms with Gasteiger partial charge in [-0.2, -0.15) is 0 Å². The average Bonchev–Trinajstić information content (AvgIpc) is 3.45. The monoisotopic (exact) mass is 659 g/mol. The van der Waals surface area contributed by atoms with Gasteiger partial charge in [-0.25, -0.2) is 4.99 Å². The van der Waals surface area contributed by atoms with Crippen molar-refractivity contribution in [1.82, 2.24) is 5.32 Å². The fraction of sp³-hybridized carbons (Fsp3) is 0.412. The first-order valence-electron chi connectivity index (χ1n) is 15.2. The molecule has 10 heteroatoms. The number of carbonyl (C=O) groups excluding carboxylic acids is 1. The van der Waals surface area contributed by atoms with Gasteiger partial charge in [-0.3, -0.25) is 4.79 Å². The van der Waals surface area contributed by atoms with E-state index in [0.29, 0.717) is 43.6 Å². The fourth-order valence-corrected chi connectivity index (χ4v) is 6.26. The van der Waals surface area contributed by atoms with Gasteiger partial charge < -0.3 is 19.9 Å². The van der Waals surface area contributed by atoms with Gasteiger partial charge >= 0.3 is 0 Å². The fourth-order valence-electron chi connectivity index (χ4n) is 6.00. The second-order valence-corrected chi connectivity index (χ2v) is 12.3. The molecule has 230 valence electrons. The third-order valence-electron chi connectivity index (χ3n) is 8.33. The van der Waals surface area contributed by atoms with Gasteiger partial charge in [-0.1, -0.05) is 76.7 Å². The zero-order valence-electron chi connectivity index (χ0n) is 24.7. The molecule has 0 spiro atoms. The van der Waals surface area contributed by atoms with E-state index in [-0.39, 0.29) is 19.1 Å². The predicted molar refractivity (Wildman–Crippen MR) is 173 cm³/mol. The minimum Gasteiger partial charge on any atom is -0.494 e. The van der Waals surface area contributed by atoms with Gasteiger partial charge in [0.1, 0.15) is 5.75 Å². The molecule has 1 aliphatic carbocycles. The van der Waals surface area contributed by atoms with Crippen LogP contribution in [0.4, 0.5) is 0 Å². The van der Waals surface area contributed by atoms with Gasteiger partial charge in [0.05, 0.1) is 13.2 Å². The number of nitrogens with zero attached hydrogens (tertiary/aromatic N) is 4. The number of benzene rings is 3. The highest BCUT2D eigenvalue weighted by Crippen LogP contribution is 2.44. The van der Waals surface area contributed by atoms with E-state index in [2.05, 4.69) is 31.3 Å².